The number of nitrogens with zero attached hydrogens (tertiary/aromatic N) is 2. The molecular weight excluding hydrogens is 416 g/mol. The van der Waals surface area contributed by atoms with Crippen LogP contribution in [-0.2, 0) is 4.84 Å². The number of hydroxylamine groups is 4. The van der Waals surface area contributed by atoms with Crippen LogP contribution in [0.1, 0.15) is 132 Å². The molecule has 0 aromatic rings. The van der Waals surface area contributed by atoms with Crippen LogP contribution in [0.4, 0.5) is 0 Å². The lowest BCUT2D eigenvalue weighted by Gasteiger charge is -2.54. The van der Waals surface area contributed by atoms with Crippen molar-refractivity contribution in [2.45, 2.75) is 167 Å². The smallest absolute Gasteiger partial charge is 0.0577 e. The average molecular weight is 473 g/mol. The largest absolute Gasteiger partial charge is 0.393 e. The van der Waals surface area contributed by atoms with E-state index in [9.17, 15) is 15.4 Å². The zero-order valence-electron chi connectivity index (χ0n) is 23.3. The first-order chi connectivity index (χ1) is 15.2. The van der Waals surface area contributed by atoms with Gasteiger partial charge >= 0.3 is 0 Å². The van der Waals surface area contributed by atoms with Crippen molar-refractivity contribution in [3.8, 4) is 0 Å². The van der Waals surface area contributed by atoms with Gasteiger partial charge in [0.25, 0.3) is 0 Å². The molecule has 4 atom stereocenters. The quantitative estimate of drug-likeness (QED) is 0.354. The molecule has 4 unspecified atom stereocenters. The first-order valence-corrected chi connectivity index (χ1v) is 13.4. The summed E-state index contributed by atoms with van der Waals surface area (Å²) in [6.07, 6.45) is 11.7. The molecule has 0 bridgehead atoms. The summed E-state index contributed by atoms with van der Waals surface area (Å²) in [4.78, 5) is 5.62. The molecular formula is C27H56N2O4. The number of aliphatic hydroxyl groups is 2. The lowest BCUT2D eigenvalue weighted by molar-refractivity contribution is -0.283. The Morgan fingerprint density at radius 3 is 1.58 bits per heavy atom. The monoisotopic (exact) mass is 472 g/mol. The van der Waals surface area contributed by atoms with E-state index < -0.39 is 0 Å². The first kappa shape index (κ1) is 30.8. The lowest BCUT2D eigenvalue weighted by Crippen LogP contribution is -2.62. The third-order valence-electron chi connectivity index (χ3n) is 7.77. The van der Waals surface area contributed by atoms with Crippen LogP contribution in [0, 0.1) is 0 Å². The van der Waals surface area contributed by atoms with Gasteiger partial charge in [0.1, 0.15) is 0 Å². The number of hydrogen-bond donors (Lipinski definition) is 3. The molecule has 2 aliphatic rings. The minimum absolute atomic E-state index is 0.0366. The van der Waals surface area contributed by atoms with Crippen LogP contribution in [0.3, 0.4) is 0 Å². The molecule has 6 nitrogen and oxygen atoms in total. The van der Waals surface area contributed by atoms with Crippen LogP contribution in [0.2, 0.25) is 0 Å². The summed E-state index contributed by atoms with van der Waals surface area (Å²) in [7, 11) is 1.75. The van der Waals surface area contributed by atoms with E-state index in [2.05, 4.69) is 46.6 Å². The normalized spacial score (nSPS) is 34.5. The molecule has 0 aromatic heterocycles. The van der Waals surface area contributed by atoms with E-state index in [0.29, 0.717) is 12.8 Å². The second-order valence-electron chi connectivity index (χ2n) is 12.4. The standard InChI is InChI=1S/C14H29NO2.C13H27NO2/c1-6-7-8-9-14(4)11-12(16)10-13(2,3)15(14)17-5;1-5-6-7-8-13(4)10-11(15)9-12(2,3)14(13)16/h12,16H,6-11H2,1-5H3;11,15-16H,5-10H2,1-4H3. The van der Waals surface area contributed by atoms with E-state index in [1.54, 1.807) is 7.11 Å². The van der Waals surface area contributed by atoms with Crippen molar-refractivity contribution < 1.29 is 20.3 Å². The van der Waals surface area contributed by atoms with Crippen LogP contribution in [-0.4, -0.2) is 67.0 Å². The van der Waals surface area contributed by atoms with Gasteiger partial charge in [-0.15, -0.1) is 0 Å². The van der Waals surface area contributed by atoms with Crippen molar-refractivity contribution in [3.05, 3.63) is 0 Å². The summed E-state index contributed by atoms with van der Waals surface area (Å²) >= 11 is 0. The van der Waals surface area contributed by atoms with Crippen LogP contribution < -0.4 is 0 Å². The molecule has 0 aromatic carbocycles. The molecule has 0 spiro atoms. The van der Waals surface area contributed by atoms with Gasteiger partial charge in [-0.25, -0.2) is 0 Å². The van der Waals surface area contributed by atoms with Gasteiger partial charge in [-0.3, -0.25) is 0 Å². The van der Waals surface area contributed by atoms with Crippen molar-refractivity contribution in [2.24, 2.45) is 0 Å². The molecule has 2 fully saturated rings. The predicted octanol–water partition coefficient (Wildman–Crippen LogP) is 6.07. The maximum atomic E-state index is 10.3. The average Bonchev–Trinajstić information content (AvgIpc) is 2.65. The zero-order valence-corrected chi connectivity index (χ0v) is 23.3. The summed E-state index contributed by atoms with van der Waals surface area (Å²) in [5.41, 5.74) is -0.715. The van der Waals surface area contributed by atoms with Crippen LogP contribution in [0.25, 0.3) is 0 Å². The Morgan fingerprint density at radius 1 is 0.697 bits per heavy atom. The van der Waals surface area contributed by atoms with Gasteiger partial charge in [0.2, 0.25) is 0 Å². The second-order valence-corrected chi connectivity index (χ2v) is 12.4. The third kappa shape index (κ3) is 8.43. The zero-order chi connectivity index (χ0) is 25.5. The first-order valence-electron chi connectivity index (χ1n) is 13.4. The molecule has 0 aliphatic carbocycles. The minimum atomic E-state index is -0.321. The summed E-state index contributed by atoms with van der Waals surface area (Å²) in [5.74, 6) is 0. The van der Waals surface area contributed by atoms with Crippen molar-refractivity contribution >= 4 is 0 Å². The molecule has 2 aliphatic heterocycles. The van der Waals surface area contributed by atoms with Crippen molar-refractivity contribution in [3.63, 3.8) is 0 Å². The predicted molar refractivity (Wildman–Crippen MR) is 136 cm³/mol. The van der Waals surface area contributed by atoms with Gasteiger partial charge < -0.3 is 20.3 Å². The highest BCUT2D eigenvalue weighted by atomic mass is 16.7. The van der Waals surface area contributed by atoms with Crippen LogP contribution >= 0.6 is 0 Å². The summed E-state index contributed by atoms with van der Waals surface area (Å²) in [6, 6.07) is 0. The van der Waals surface area contributed by atoms with Gasteiger partial charge in [-0.2, -0.15) is 10.1 Å². The summed E-state index contributed by atoms with van der Waals surface area (Å²) < 4.78 is 0. The molecule has 0 radical (unpaired) electrons. The Hall–Kier alpha value is -0.240. The Balaban J connectivity index is 0.000000331. The minimum Gasteiger partial charge on any atom is -0.393 e. The van der Waals surface area contributed by atoms with E-state index in [-0.39, 0.29) is 34.4 Å². The van der Waals surface area contributed by atoms with E-state index in [4.69, 9.17) is 4.84 Å². The number of piperidine rings is 2. The van der Waals surface area contributed by atoms with Gasteiger partial charge in [-0.05, 0) is 80.1 Å². The molecule has 2 rings (SSSR count). The molecule has 3 N–H and O–H groups in total. The van der Waals surface area contributed by atoms with E-state index >= 15 is 0 Å². The number of rotatable bonds is 9. The molecule has 0 amide bonds. The number of unbranched alkanes of at least 4 members (excludes halogenated alkanes) is 4. The van der Waals surface area contributed by atoms with E-state index in [0.717, 1.165) is 32.1 Å². The highest BCUT2D eigenvalue weighted by Gasteiger charge is 2.48. The van der Waals surface area contributed by atoms with Crippen molar-refractivity contribution in [1.82, 2.24) is 10.1 Å². The highest BCUT2D eigenvalue weighted by Crippen LogP contribution is 2.41. The maximum Gasteiger partial charge on any atom is 0.0577 e. The molecule has 0 saturated carbocycles. The summed E-state index contributed by atoms with van der Waals surface area (Å²) in [6.45, 7) is 17.0. The second kappa shape index (κ2) is 12.6. The highest BCUT2D eigenvalue weighted by molar-refractivity contribution is 4.99. The number of hydrogen-bond acceptors (Lipinski definition) is 6. The van der Waals surface area contributed by atoms with Gasteiger partial charge in [0.05, 0.1) is 19.3 Å². The van der Waals surface area contributed by atoms with Crippen LogP contribution in [0.15, 0.2) is 0 Å². The van der Waals surface area contributed by atoms with Crippen molar-refractivity contribution in [2.75, 3.05) is 7.11 Å². The Labute approximate surface area is 204 Å². The molecule has 6 heteroatoms. The lowest BCUT2D eigenvalue weighted by atomic mass is 9.77. The molecule has 33 heavy (non-hydrogen) atoms. The van der Waals surface area contributed by atoms with Gasteiger partial charge in [0.15, 0.2) is 0 Å². The van der Waals surface area contributed by atoms with Gasteiger partial charge in [0, 0.05) is 22.2 Å². The third-order valence-corrected chi connectivity index (χ3v) is 7.77. The molecule has 198 valence electrons. The Morgan fingerprint density at radius 2 is 1.12 bits per heavy atom. The van der Waals surface area contributed by atoms with Gasteiger partial charge in [-0.1, -0.05) is 52.4 Å². The maximum absolute atomic E-state index is 10.3. The molecule has 2 saturated heterocycles. The fraction of sp³-hybridized carbons (Fsp3) is 1.00. The van der Waals surface area contributed by atoms with Crippen molar-refractivity contribution in [1.29, 1.82) is 0 Å². The Bertz CT molecular complexity index is 570. The SMILES string of the molecule is CCCCCC1(C)CC(O)CC(C)(C)N1O.CCCCCC1(C)CC(O)CC(C)(C)N1OC. The summed E-state index contributed by atoms with van der Waals surface area (Å²) in [5, 5.41) is 33.9. The number of aliphatic hydroxyl groups excluding tert-OH is 2. The van der Waals surface area contributed by atoms with Crippen LogP contribution in [0.5, 0.6) is 0 Å². The fourth-order valence-electron chi connectivity index (χ4n) is 6.50. The van der Waals surface area contributed by atoms with E-state index in [1.165, 1.54) is 37.2 Å². The topological polar surface area (TPSA) is 76.4 Å². The van der Waals surface area contributed by atoms with E-state index in [1.807, 2.05) is 13.8 Å². The molecule has 2 heterocycles. The Kier molecular flexibility index (Phi) is 11.8. The fourth-order valence-corrected chi connectivity index (χ4v) is 6.50.